The van der Waals surface area contributed by atoms with Gasteiger partial charge in [0, 0.05) is 32.7 Å². The summed E-state index contributed by atoms with van der Waals surface area (Å²) in [6.45, 7) is 7.23. The van der Waals surface area contributed by atoms with E-state index in [-0.39, 0.29) is 18.2 Å². The number of nitrogens with one attached hydrogen (secondary N) is 1. The van der Waals surface area contributed by atoms with Crippen molar-refractivity contribution in [2.75, 3.05) is 32.8 Å². The first-order valence-corrected chi connectivity index (χ1v) is 6.14. The van der Waals surface area contributed by atoms with Crippen LogP contribution in [0, 0.1) is 5.82 Å². The van der Waals surface area contributed by atoms with Gasteiger partial charge in [-0.25, -0.2) is 4.39 Å². The SMILES string of the molecule is CCOc1ccc(CN2CCNCC2)cc1F.Cl. The maximum absolute atomic E-state index is 13.6. The zero-order chi connectivity index (χ0) is 12.1. The summed E-state index contributed by atoms with van der Waals surface area (Å²) in [6.07, 6.45) is 0. The van der Waals surface area contributed by atoms with E-state index in [1.807, 2.05) is 13.0 Å². The predicted molar refractivity (Wildman–Crippen MR) is 73.0 cm³/mol. The lowest BCUT2D eigenvalue weighted by Gasteiger charge is -2.27. The molecule has 1 aliphatic rings. The van der Waals surface area contributed by atoms with Crippen molar-refractivity contribution < 1.29 is 9.13 Å². The van der Waals surface area contributed by atoms with Crippen molar-refractivity contribution in [2.45, 2.75) is 13.5 Å². The van der Waals surface area contributed by atoms with Crippen molar-refractivity contribution in [1.82, 2.24) is 10.2 Å². The Balaban J connectivity index is 0.00000162. The molecular formula is C13H20ClFN2O. The molecule has 1 aliphatic heterocycles. The van der Waals surface area contributed by atoms with E-state index >= 15 is 0 Å². The van der Waals surface area contributed by atoms with Crippen molar-refractivity contribution in [3.05, 3.63) is 29.6 Å². The maximum atomic E-state index is 13.6. The van der Waals surface area contributed by atoms with E-state index < -0.39 is 0 Å². The lowest BCUT2D eigenvalue weighted by molar-refractivity contribution is 0.232. The minimum atomic E-state index is -0.264. The van der Waals surface area contributed by atoms with Gasteiger partial charge in [-0.1, -0.05) is 6.07 Å². The van der Waals surface area contributed by atoms with Crippen LogP contribution in [0.25, 0.3) is 0 Å². The quantitative estimate of drug-likeness (QED) is 0.910. The molecule has 3 nitrogen and oxygen atoms in total. The Kier molecular flexibility index (Phi) is 6.39. The minimum absolute atomic E-state index is 0. The molecule has 0 spiro atoms. The third-order valence-corrected chi connectivity index (χ3v) is 2.91. The summed E-state index contributed by atoms with van der Waals surface area (Å²) < 4.78 is 18.8. The van der Waals surface area contributed by atoms with Gasteiger partial charge >= 0.3 is 0 Å². The van der Waals surface area contributed by atoms with E-state index in [1.165, 1.54) is 0 Å². The van der Waals surface area contributed by atoms with Crippen molar-refractivity contribution >= 4 is 12.4 Å². The maximum Gasteiger partial charge on any atom is 0.165 e. The number of halogens is 2. The highest BCUT2D eigenvalue weighted by Gasteiger charge is 2.11. The van der Waals surface area contributed by atoms with Gasteiger partial charge in [0.2, 0.25) is 0 Å². The van der Waals surface area contributed by atoms with E-state index in [9.17, 15) is 4.39 Å². The van der Waals surface area contributed by atoms with Gasteiger partial charge < -0.3 is 10.1 Å². The second-order valence-corrected chi connectivity index (χ2v) is 4.22. The highest BCUT2D eigenvalue weighted by atomic mass is 35.5. The van der Waals surface area contributed by atoms with Crippen LogP contribution in [-0.4, -0.2) is 37.7 Å². The van der Waals surface area contributed by atoms with Crippen molar-refractivity contribution in [1.29, 1.82) is 0 Å². The van der Waals surface area contributed by atoms with E-state index in [0.29, 0.717) is 12.4 Å². The molecule has 18 heavy (non-hydrogen) atoms. The standard InChI is InChI=1S/C13H19FN2O.ClH/c1-2-17-13-4-3-11(9-12(13)14)10-16-7-5-15-6-8-16;/h3-4,9,15H,2,5-8,10H2,1H3;1H. The Morgan fingerprint density at radius 2 is 2.06 bits per heavy atom. The summed E-state index contributed by atoms with van der Waals surface area (Å²) in [6, 6.07) is 5.24. The van der Waals surface area contributed by atoms with Gasteiger partial charge in [0.1, 0.15) is 0 Å². The van der Waals surface area contributed by atoms with E-state index in [1.54, 1.807) is 12.1 Å². The Bertz CT molecular complexity index is 370. The Labute approximate surface area is 114 Å². The summed E-state index contributed by atoms with van der Waals surface area (Å²) in [5.74, 6) is 0.0797. The molecular weight excluding hydrogens is 255 g/mol. The van der Waals surface area contributed by atoms with Crippen LogP contribution in [0.5, 0.6) is 5.75 Å². The minimum Gasteiger partial charge on any atom is -0.491 e. The smallest absolute Gasteiger partial charge is 0.165 e. The fraction of sp³-hybridized carbons (Fsp3) is 0.538. The lowest BCUT2D eigenvalue weighted by atomic mass is 10.2. The molecule has 1 heterocycles. The summed E-state index contributed by atoms with van der Waals surface area (Å²) in [7, 11) is 0. The largest absolute Gasteiger partial charge is 0.491 e. The molecule has 0 radical (unpaired) electrons. The van der Waals surface area contributed by atoms with Gasteiger partial charge in [0.25, 0.3) is 0 Å². The fourth-order valence-electron chi connectivity index (χ4n) is 2.04. The zero-order valence-electron chi connectivity index (χ0n) is 10.6. The van der Waals surface area contributed by atoms with E-state index in [4.69, 9.17) is 4.74 Å². The topological polar surface area (TPSA) is 24.5 Å². The summed E-state index contributed by atoms with van der Waals surface area (Å²) in [5, 5.41) is 3.30. The Morgan fingerprint density at radius 1 is 1.33 bits per heavy atom. The number of hydrogen-bond donors (Lipinski definition) is 1. The third-order valence-electron chi connectivity index (χ3n) is 2.91. The molecule has 0 unspecified atom stereocenters. The normalized spacial score (nSPS) is 16.1. The average Bonchev–Trinajstić information content (AvgIpc) is 2.34. The van der Waals surface area contributed by atoms with Crippen LogP contribution in [0.3, 0.4) is 0 Å². The van der Waals surface area contributed by atoms with Gasteiger partial charge in [-0.15, -0.1) is 12.4 Å². The highest BCUT2D eigenvalue weighted by Crippen LogP contribution is 2.19. The van der Waals surface area contributed by atoms with Gasteiger partial charge in [-0.2, -0.15) is 0 Å². The number of ether oxygens (including phenoxy) is 1. The Morgan fingerprint density at radius 3 is 2.67 bits per heavy atom. The Hall–Kier alpha value is -0.840. The molecule has 0 saturated carbocycles. The molecule has 0 bridgehead atoms. The molecule has 102 valence electrons. The molecule has 0 aliphatic carbocycles. The number of benzene rings is 1. The second kappa shape index (κ2) is 7.56. The number of hydrogen-bond acceptors (Lipinski definition) is 3. The number of piperazine rings is 1. The molecule has 0 aromatic heterocycles. The van der Waals surface area contributed by atoms with Crippen molar-refractivity contribution in [3.8, 4) is 5.75 Å². The molecule has 1 saturated heterocycles. The summed E-state index contributed by atoms with van der Waals surface area (Å²) in [4.78, 5) is 2.33. The van der Waals surface area contributed by atoms with Gasteiger partial charge in [-0.3, -0.25) is 4.90 Å². The molecule has 1 N–H and O–H groups in total. The molecule has 0 atom stereocenters. The van der Waals surface area contributed by atoms with E-state index in [2.05, 4.69) is 10.2 Å². The van der Waals surface area contributed by atoms with Gasteiger partial charge in [0.15, 0.2) is 11.6 Å². The molecule has 1 fully saturated rings. The zero-order valence-corrected chi connectivity index (χ0v) is 11.4. The van der Waals surface area contributed by atoms with Crippen molar-refractivity contribution in [2.24, 2.45) is 0 Å². The fourth-order valence-corrected chi connectivity index (χ4v) is 2.04. The summed E-state index contributed by atoms with van der Waals surface area (Å²) in [5.41, 5.74) is 1.01. The van der Waals surface area contributed by atoms with Gasteiger partial charge in [0.05, 0.1) is 6.61 Å². The first kappa shape index (κ1) is 15.2. The lowest BCUT2D eigenvalue weighted by Crippen LogP contribution is -2.42. The predicted octanol–water partition coefficient (Wildman–Crippen LogP) is 2.05. The van der Waals surface area contributed by atoms with Crippen LogP contribution in [0.2, 0.25) is 0 Å². The molecule has 0 amide bonds. The van der Waals surface area contributed by atoms with Crippen LogP contribution in [0.4, 0.5) is 4.39 Å². The van der Waals surface area contributed by atoms with Crippen LogP contribution >= 0.6 is 12.4 Å². The molecule has 5 heteroatoms. The number of nitrogens with zero attached hydrogens (tertiary/aromatic N) is 1. The summed E-state index contributed by atoms with van der Waals surface area (Å²) >= 11 is 0. The highest BCUT2D eigenvalue weighted by molar-refractivity contribution is 5.85. The molecule has 1 aromatic carbocycles. The second-order valence-electron chi connectivity index (χ2n) is 4.22. The molecule has 1 aromatic rings. The van der Waals surface area contributed by atoms with Crippen LogP contribution in [-0.2, 0) is 6.54 Å². The van der Waals surface area contributed by atoms with Crippen LogP contribution in [0.1, 0.15) is 12.5 Å². The van der Waals surface area contributed by atoms with E-state index in [0.717, 1.165) is 38.3 Å². The first-order chi connectivity index (χ1) is 8.29. The van der Waals surface area contributed by atoms with Crippen LogP contribution in [0.15, 0.2) is 18.2 Å². The molecule has 2 rings (SSSR count). The average molecular weight is 275 g/mol. The van der Waals surface area contributed by atoms with Crippen LogP contribution < -0.4 is 10.1 Å². The third kappa shape index (κ3) is 4.12. The first-order valence-electron chi connectivity index (χ1n) is 6.14. The monoisotopic (exact) mass is 274 g/mol. The van der Waals surface area contributed by atoms with Gasteiger partial charge in [-0.05, 0) is 24.6 Å². The number of rotatable bonds is 4. The van der Waals surface area contributed by atoms with Crippen molar-refractivity contribution in [3.63, 3.8) is 0 Å².